The maximum absolute atomic E-state index is 12.6. The van der Waals surface area contributed by atoms with Crippen LogP contribution in [0.15, 0.2) is 60.7 Å². The molecule has 0 fully saturated rings. The van der Waals surface area contributed by atoms with Gasteiger partial charge in [0.15, 0.2) is 5.75 Å². The highest BCUT2D eigenvalue weighted by Crippen LogP contribution is 2.44. The molecule has 3 aromatic carbocycles. The van der Waals surface area contributed by atoms with Crippen molar-refractivity contribution >= 4 is 11.7 Å². The lowest BCUT2D eigenvalue weighted by Gasteiger charge is -2.28. The minimum absolute atomic E-state index is 0.151. The minimum Gasteiger partial charge on any atom is -0.493 e. The Labute approximate surface area is 208 Å². The van der Waals surface area contributed by atoms with E-state index >= 15 is 0 Å². The Balaban J connectivity index is 1.92. The highest BCUT2D eigenvalue weighted by atomic mass is 16.5. The number of benzene rings is 3. The summed E-state index contributed by atoms with van der Waals surface area (Å²) in [7, 11) is 3.90. The van der Waals surface area contributed by atoms with Gasteiger partial charge in [0.05, 0.1) is 18.2 Å². The van der Waals surface area contributed by atoms with Crippen molar-refractivity contribution in [1.29, 1.82) is 0 Å². The molecule has 0 amide bonds. The molecule has 4 rings (SSSR count). The second kappa shape index (κ2) is 10.0. The summed E-state index contributed by atoms with van der Waals surface area (Å²) < 4.78 is 12.2. The average Bonchev–Trinajstić information content (AvgIpc) is 2.82. The monoisotopic (exact) mass is 473 g/mol. The molecule has 1 N–H and O–H groups in total. The van der Waals surface area contributed by atoms with E-state index in [2.05, 4.69) is 26.8 Å². The minimum atomic E-state index is -0.816. The summed E-state index contributed by atoms with van der Waals surface area (Å²) in [5.41, 5.74) is 4.51. The zero-order valence-corrected chi connectivity index (χ0v) is 21.3. The van der Waals surface area contributed by atoms with E-state index in [-0.39, 0.29) is 5.41 Å². The van der Waals surface area contributed by atoms with Gasteiger partial charge in [-0.25, -0.2) is 0 Å². The number of para-hydroxylation sites is 1. The van der Waals surface area contributed by atoms with Crippen LogP contribution in [0.1, 0.15) is 50.7 Å². The maximum Gasteiger partial charge on any atom is 0.311 e. The zero-order valence-electron chi connectivity index (χ0n) is 21.3. The number of aryl methyl sites for hydroxylation is 1. The van der Waals surface area contributed by atoms with Crippen LogP contribution in [0.3, 0.4) is 0 Å². The Morgan fingerprint density at radius 2 is 1.83 bits per heavy atom. The average molecular weight is 474 g/mol. The third-order valence-corrected chi connectivity index (χ3v) is 6.29. The van der Waals surface area contributed by atoms with Gasteiger partial charge in [-0.2, -0.15) is 0 Å². The van der Waals surface area contributed by atoms with Gasteiger partial charge in [0.1, 0.15) is 11.5 Å². The number of anilines is 1. The van der Waals surface area contributed by atoms with Crippen molar-refractivity contribution in [3.63, 3.8) is 0 Å². The topological polar surface area (TPSA) is 59.0 Å². The number of nitrogens with zero attached hydrogens (tertiary/aromatic N) is 1. The van der Waals surface area contributed by atoms with Crippen LogP contribution in [0.4, 0.5) is 5.69 Å². The Bertz CT molecular complexity index is 1190. The predicted octanol–water partition coefficient (Wildman–Crippen LogP) is 7.14. The van der Waals surface area contributed by atoms with Crippen molar-refractivity contribution in [2.75, 3.05) is 25.6 Å². The molecule has 0 spiro atoms. The second-order valence-corrected chi connectivity index (χ2v) is 10.6. The number of carboxylic acid groups (broad SMARTS) is 1. The number of aliphatic carboxylic acids is 1. The number of carboxylic acids is 1. The first-order valence-corrected chi connectivity index (χ1v) is 12.2. The maximum atomic E-state index is 12.6. The molecule has 1 heterocycles. The van der Waals surface area contributed by atoms with Crippen molar-refractivity contribution in [3.8, 4) is 28.4 Å². The lowest BCUT2D eigenvalue weighted by Crippen LogP contribution is -2.21. The quantitative estimate of drug-likeness (QED) is 0.395. The van der Waals surface area contributed by atoms with Gasteiger partial charge >= 0.3 is 5.97 Å². The summed E-state index contributed by atoms with van der Waals surface area (Å²) >= 11 is 0. The van der Waals surface area contributed by atoms with Gasteiger partial charge in [-0.05, 0) is 83.3 Å². The predicted molar refractivity (Wildman–Crippen MR) is 141 cm³/mol. The fraction of sp³-hybridized carbons (Fsp3) is 0.367. The Kier molecular flexibility index (Phi) is 7.06. The molecule has 0 bridgehead atoms. The molecule has 184 valence electrons. The van der Waals surface area contributed by atoms with Crippen LogP contribution < -0.4 is 14.4 Å². The number of hydrogen-bond acceptors (Lipinski definition) is 4. The Morgan fingerprint density at radius 1 is 1.09 bits per heavy atom. The highest BCUT2D eigenvalue weighted by molar-refractivity contribution is 5.84. The van der Waals surface area contributed by atoms with Crippen LogP contribution in [0.5, 0.6) is 17.2 Å². The number of fused-ring (bicyclic) bond motifs is 1. The van der Waals surface area contributed by atoms with Gasteiger partial charge in [0.2, 0.25) is 0 Å². The zero-order chi connectivity index (χ0) is 25.2. The van der Waals surface area contributed by atoms with Gasteiger partial charge in [-0.1, -0.05) is 45.0 Å². The van der Waals surface area contributed by atoms with Crippen molar-refractivity contribution in [3.05, 3.63) is 71.8 Å². The van der Waals surface area contributed by atoms with E-state index < -0.39 is 11.9 Å². The fourth-order valence-electron chi connectivity index (χ4n) is 4.64. The summed E-state index contributed by atoms with van der Waals surface area (Å²) in [6.07, 6.45) is 2.45. The summed E-state index contributed by atoms with van der Waals surface area (Å²) in [6.45, 7) is 6.98. The van der Waals surface area contributed by atoms with E-state index in [1.54, 1.807) is 0 Å². The van der Waals surface area contributed by atoms with Crippen molar-refractivity contribution in [2.45, 2.75) is 46.0 Å². The van der Waals surface area contributed by atoms with Gasteiger partial charge in [0.25, 0.3) is 0 Å². The molecule has 1 atom stereocenters. The fourth-order valence-corrected chi connectivity index (χ4v) is 4.64. The van der Waals surface area contributed by atoms with Crippen LogP contribution >= 0.6 is 0 Å². The Morgan fingerprint density at radius 3 is 2.49 bits per heavy atom. The van der Waals surface area contributed by atoms with E-state index in [1.165, 1.54) is 0 Å². The molecule has 35 heavy (non-hydrogen) atoms. The lowest BCUT2D eigenvalue weighted by atomic mass is 9.78. The number of rotatable bonds is 7. The normalized spacial score (nSPS) is 14.0. The summed E-state index contributed by atoms with van der Waals surface area (Å²) in [4.78, 5) is 14.6. The molecule has 1 aliphatic rings. The summed E-state index contributed by atoms with van der Waals surface area (Å²) in [6, 6.07) is 19.8. The molecule has 5 heteroatoms. The molecule has 0 radical (unpaired) electrons. The second-order valence-electron chi connectivity index (χ2n) is 10.6. The third kappa shape index (κ3) is 5.79. The van der Waals surface area contributed by atoms with E-state index in [0.717, 1.165) is 58.9 Å². The smallest absolute Gasteiger partial charge is 0.311 e. The first-order chi connectivity index (χ1) is 16.6. The molecular weight excluding hydrogens is 438 g/mol. The van der Waals surface area contributed by atoms with Crippen molar-refractivity contribution in [1.82, 2.24) is 0 Å². The molecule has 1 unspecified atom stereocenters. The molecular formula is C30H35NO4. The Hall–Kier alpha value is -3.47. The molecule has 5 nitrogen and oxygen atoms in total. The van der Waals surface area contributed by atoms with Crippen LogP contribution in [-0.4, -0.2) is 31.8 Å². The lowest BCUT2D eigenvalue weighted by molar-refractivity contribution is -0.139. The van der Waals surface area contributed by atoms with Crippen LogP contribution in [0.25, 0.3) is 11.1 Å². The van der Waals surface area contributed by atoms with E-state index in [4.69, 9.17) is 9.47 Å². The SMILES string of the molecule is CN(C)c1cc(C(CC(C)(C)C)C(=O)O)c(-c2ccc3c(c2)CCCO3)cc1Oc1ccccc1. The molecule has 0 aromatic heterocycles. The summed E-state index contributed by atoms with van der Waals surface area (Å²) in [5.74, 6) is 0.869. The van der Waals surface area contributed by atoms with Crippen LogP contribution in [-0.2, 0) is 11.2 Å². The van der Waals surface area contributed by atoms with Gasteiger partial charge in [0, 0.05) is 14.1 Å². The molecule has 1 aliphatic heterocycles. The van der Waals surface area contributed by atoms with Crippen LogP contribution in [0.2, 0.25) is 0 Å². The van der Waals surface area contributed by atoms with E-state index in [1.807, 2.05) is 73.6 Å². The summed E-state index contributed by atoms with van der Waals surface area (Å²) in [5, 5.41) is 10.3. The standard InChI is InChI=1S/C30H35NO4/c1-30(2,3)19-25(29(32)33)24-17-26(31(4)5)28(35-22-11-7-6-8-12-22)18-23(24)20-13-14-27-21(16-20)10-9-15-34-27/h6-8,11-14,16-18,25H,9-10,15,19H2,1-5H3,(H,32,33). The highest BCUT2D eigenvalue weighted by Gasteiger charge is 2.30. The molecule has 3 aromatic rings. The number of carbonyl (C=O) groups is 1. The largest absolute Gasteiger partial charge is 0.493 e. The van der Waals surface area contributed by atoms with Crippen LogP contribution in [0, 0.1) is 5.41 Å². The van der Waals surface area contributed by atoms with Crippen molar-refractivity contribution in [2.24, 2.45) is 5.41 Å². The van der Waals surface area contributed by atoms with E-state index in [0.29, 0.717) is 12.2 Å². The molecule has 0 aliphatic carbocycles. The number of ether oxygens (including phenoxy) is 2. The molecule has 0 saturated heterocycles. The third-order valence-electron chi connectivity index (χ3n) is 6.29. The first kappa shape index (κ1) is 24.6. The van der Waals surface area contributed by atoms with E-state index in [9.17, 15) is 9.90 Å². The van der Waals surface area contributed by atoms with Gasteiger partial charge < -0.3 is 19.5 Å². The van der Waals surface area contributed by atoms with Crippen molar-refractivity contribution < 1.29 is 19.4 Å². The van der Waals surface area contributed by atoms with Gasteiger partial charge in [-0.3, -0.25) is 4.79 Å². The first-order valence-electron chi connectivity index (χ1n) is 12.2. The van der Waals surface area contributed by atoms with Gasteiger partial charge in [-0.15, -0.1) is 0 Å². The molecule has 0 saturated carbocycles. The number of hydrogen-bond donors (Lipinski definition) is 1.